The van der Waals surface area contributed by atoms with Crippen molar-refractivity contribution in [3.63, 3.8) is 0 Å². The Balaban J connectivity index is 1.79. The van der Waals surface area contributed by atoms with Gasteiger partial charge in [-0.25, -0.2) is 9.37 Å². The van der Waals surface area contributed by atoms with Crippen LogP contribution in [0.15, 0.2) is 41.7 Å². The second-order valence-corrected chi connectivity index (χ2v) is 4.88. The van der Waals surface area contributed by atoms with Crippen LogP contribution in [0.3, 0.4) is 0 Å². The van der Waals surface area contributed by atoms with Gasteiger partial charge in [0, 0.05) is 17.3 Å². The molecule has 2 aromatic rings. The molecule has 5 heteroatoms. The number of halogens is 1. The minimum atomic E-state index is -0.300. The molecule has 0 amide bonds. The van der Waals surface area contributed by atoms with E-state index in [1.54, 1.807) is 24.4 Å². The molecular formula is C16H15FN3O. The number of hydrogen-bond acceptors (Lipinski definition) is 4. The van der Waals surface area contributed by atoms with E-state index in [1.165, 1.54) is 7.11 Å². The minimum Gasteiger partial charge on any atom is -0.399 e. The molecule has 0 spiro atoms. The van der Waals surface area contributed by atoms with Gasteiger partial charge < -0.3 is 9.74 Å². The molecule has 3 rings (SSSR count). The highest BCUT2D eigenvalue weighted by Crippen LogP contribution is 2.26. The van der Waals surface area contributed by atoms with Crippen LogP contribution in [0.4, 0.5) is 10.2 Å². The fraction of sp³-hybridized carbons (Fsp3) is 0.188. The summed E-state index contributed by atoms with van der Waals surface area (Å²) in [6, 6.07) is 8.92. The first-order valence-corrected chi connectivity index (χ1v) is 6.60. The van der Waals surface area contributed by atoms with E-state index in [4.69, 9.17) is 4.84 Å². The van der Waals surface area contributed by atoms with E-state index in [2.05, 4.69) is 22.0 Å². The van der Waals surface area contributed by atoms with Gasteiger partial charge in [-0.05, 0) is 24.6 Å². The Labute approximate surface area is 122 Å². The third-order valence-corrected chi connectivity index (χ3v) is 3.43. The second kappa shape index (κ2) is 5.52. The molecule has 1 saturated heterocycles. The first-order valence-electron chi connectivity index (χ1n) is 6.60. The van der Waals surface area contributed by atoms with Gasteiger partial charge in [0.25, 0.3) is 0 Å². The maximum atomic E-state index is 14.0. The Morgan fingerprint density at radius 3 is 2.76 bits per heavy atom. The summed E-state index contributed by atoms with van der Waals surface area (Å²) in [5, 5.41) is 3.88. The van der Waals surface area contributed by atoms with Crippen LogP contribution in [-0.4, -0.2) is 30.9 Å². The molecule has 1 fully saturated rings. The van der Waals surface area contributed by atoms with Crippen LogP contribution < -0.4 is 4.90 Å². The molecule has 1 radical (unpaired) electrons. The lowest BCUT2D eigenvalue weighted by Crippen LogP contribution is -2.48. The molecule has 4 nitrogen and oxygen atoms in total. The van der Waals surface area contributed by atoms with Gasteiger partial charge in [-0.3, -0.25) is 0 Å². The first kappa shape index (κ1) is 13.5. The van der Waals surface area contributed by atoms with Crippen molar-refractivity contribution in [2.75, 3.05) is 25.1 Å². The molecule has 0 N–H and O–H groups in total. The van der Waals surface area contributed by atoms with Gasteiger partial charge in [0.1, 0.15) is 18.7 Å². The Kier molecular flexibility index (Phi) is 3.56. The average Bonchev–Trinajstić information content (AvgIpc) is 2.46. The van der Waals surface area contributed by atoms with E-state index in [1.807, 2.05) is 12.1 Å². The van der Waals surface area contributed by atoms with Crippen LogP contribution in [-0.2, 0) is 4.84 Å². The van der Waals surface area contributed by atoms with Gasteiger partial charge in [-0.1, -0.05) is 23.4 Å². The van der Waals surface area contributed by atoms with Crippen LogP contribution in [0.1, 0.15) is 5.56 Å². The zero-order chi connectivity index (χ0) is 14.8. The van der Waals surface area contributed by atoms with E-state index in [0.29, 0.717) is 24.2 Å². The normalized spacial score (nSPS) is 13.9. The number of benzene rings is 1. The number of aromatic nitrogens is 1. The quantitative estimate of drug-likeness (QED) is 0.813. The van der Waals surface area contributed by atoms with Gasteiger partial charge in [-0.2, -0.15) is 0 Å². The number of rotatable bonds is 3. The molecule has 1 aromatic carbocycles. The molecule has 0 saturated carbocycles. The number of pyridine rings is 1. The van der Waals surface area contributed by atoms with Crippen LogP contribution in [0.25, 0.3) is 11.1 Å². The number of nitrogens with zero attached hydrogens (tertiary/aromatic N) is 3. The van der Waals surface area contributed by atoms with Gasteiger partial charge >= 0.3 is 0 Å². The molecule has 107 valence electrons. The summed E-state index contributed by atoms with van der Waals surface area (Å²) in [5.74, 6) is 0.547. The Morgan fingerprint density at radius 2 is 2.10 bits per heavy atom. The van der Waals surface area contributed by atoms with Gasteiger partial charge in [0.15, 0.2) is 0 Å². The summed E-state index contributed by atoms with van der Waals surface area (Å²) in [7, 11) is 1.54. The van der Waals surface area contributed by atoms with E-state index in [9.17, 15) is 4.39 Å². The summed E-state index contributed by atoms with van der Waals surface area (Å²) in [6.45, 7) is 5.09. The zero-order valence-corrected chi connectivity index (χ0v) is 11.7. The lowest BCUT2D eigenvalue weighted by atomic mass is 10.0. The topological polar surface area (TPSA) is 37.7 Å². The third-order valence-electron chi connectivity index (χ3n) is 3.43. The van der Waals surface area contributed by atoms with Gasteiger partial charge in [0.2, 0.25) is 0 Å². The van der Waals surface area contributed by atoms with E-state index < -0.39 is 0 Å². The van der Waals surface area contributed by atoms with Gasteiger partial charge in [-0.15, -0.1) is 0 Å². The molecule has 1 aromatic heterocycles. The number of oxime groups is 1. The Hall–Kier alpha value is -2.43. The lowest BCUT2D eigenvalue weighted by Gasteiger charge is -2.32. The predicted octanol–water partition coefficient (Wildman–Crippen LogP) is 2.89. The summed E-state index contributed by atoms with van der Waals surface area (Å²) in [5.41, 5.74) is 2.64. The summed E-state index contributed by atoms with van der Waals surface area (Å²) in [6.07, 6.45) is 1.68. The maximum absolute atomic E-state index is 14.0. The highest BCUT2D eigenvalue weighted by Gasteiger charge is 2.23. The standard InChI is InChI=1S/C16H15FN3O/c1-11-4-3-5-14(16(11)17)12-6-7-15(18-8-12)20-9-13(10-20)19-21-2/h3-8H,1,9-10H2,2H3. The van der Waals surface area contributed by atoms with Crippen molar-refractivity contribution >= 4 is 11.5 Å². The first-order chi connectivity index (χ1) is 10.2. The largest absolute Gasteiger partial charge is 0.399 e. The second-order valence-electron chi connectivity index (χ2n) is 4.88. The van der Waals surface area contributed by atoms with Crippen LogP contribution in [0.5, 0.6) is 0 Å². The average molecular weight is 284 g/mol. The summed E-state index contributed by atoms with van der Waals surface area (Å²) >= 11 is 0. The Morgan fingerprint density at radius 1 is 1.29 bits per heavy atom. The smallest absolute Gasteiger partial charge is 0.134 e. The molecule has 2 heterocycles. The molecule has 21 heavy (non-hydrogen) atoms. The van der Waals surface area contributed by atoms with Crippen molar-refractivity contribution in [3.05, 3.63) is 54.8 Å². The van der Waals surface area contributed by atoms with Crippen LogP contribution in [0.2, 0.25) is 0 Å². The van der Waals surface area contributed by atoms with Crippen molar-refractivity contribution in [2.45, 2.75) is 0 Å². The van der Waals surface area contributed by atoms with Gasteiger partial charge in [0.05, 0.1) is 18.8 Å². The SMILES string of the molecule is [CH2]c1cccc(-c2ccc(N3CC(=NOC)C3)nc2)c1F. The number of anilines is 1. The third kappa shape index (κ3) is 2.59. The van der Waals surface area contributed by atoms with Crippen LogP contribution >= 0.6 is 0 Å². The number of hydrogen-bond donors (Lipinski definition) is 0. The molecule has 0 atom stereocenters. The van der Waals surface area contributed by atoms with Crippen molar-refractivity contribution in [2.24, 2.45) is 5.16 Å². The molecular weight excluding hydrogens is 269 g/mol. The van der Waals surface area contributed by atoms with Crippen molar-refractivity contribution < 1.29 is 9.23 Å². The monoisotopic (exact) mass is 284 g/mol. The summed E-state index contributed by atoms with van der Waals surface area (Å²) < 4.78 is 14.0. The lowest BCUT2D eigenvalue weighted by molar-refractivity contribution is 0.211. The minimum absolute atomic E-state index is 0.300. The van der Waals surface area contributed by atoms with Crippen molar-refractivity contribution in [3.8, 4) is 11.1 Å². The van der Waals surface area contributed by atoms with E-state index in [-0.39, 0.29) is 5.82 Å². The fourth-order valence-electron chi connectivity index (χ4n) is 2.28. The van der Waals surface area contributed by atoms with E-state index in [0.717, 1.165) is 17.1 Å². The molecule has 0 unspecified atom stereocenters. The fourth-order valence-corrected chi connectivity index (χ4v) is 2.28. The molecule has 0 aliphatic carbocycles. The highest BCUT2D eigenvalue weighted by molar-refractivity contribution is 5.99. The molecule has 1 aliphatic heterocycles. The molecule has 1 aliphatic rings. The Bertz CT molecular complexity index is 674. The predicted molar refractivity (Wildman–Crippen MR) is 80.7 cm³/mol. The maximum Gasteiger partial charge on any atom is 0.134 e. The van der Waals surface area contributed by atoms with Crippen LogP contribution in [0, 0.1) is 12.7 Å². The zero-order valence-electron chi connectivity index (χ0n) is 11.7. The highest BCUT2D eigenvalue weighted by atomic mass is 19.1. The van der Waals surface area contributed by atoms with Crippen molar-refractivity contribution in [1.29, 1.82) is 0 Å². The van der Waals surface area contributed by atoms with E-state index >= 15 is 0 Å². The molecule has 0 bridgehead atoms. The van der Waals surface area contributed by atoms with Crippen molar-refractivity contribution in [1.82, 2.24) is 4.98 Å². The summed E-state index contributed by atoms with van der Waals surface area (Å²) in [4.78, 5) is 11.2.